The third-order valence-corrected chi connectivity index (χ3v) is 3.89. The van der Waals surface area contributed by atoms with Crippen LogP contribution in [0.1, 0.15) is 32.6 Å². The Morgan fingerprint density at radius 2 is 2.00 bits per heavy atom. The summed E-state index contributed by atoms with van der Waals surface area (Å²) in [4.78, 5) is 16.4. The first-order chi connectivity index (χ1) is 7.20. The Balaban J connectivity index is 2.01. The fraction of sp³-hybridized carbons (Fsp3) is 0.917. The van der Waals surface area contributed by atoms with Gasteiger partial charge in [-0.2, -0.15) is 0 Å². The molecule has 2 unspecified atom stereocenters. The maximum absolute atomic E-state index is 11.5. The zero-order valence-electron chi connectivity index (χ0n) is 9.91. The minimum absolute atomic E-state index is 0.399. The van der Waals surface area contributed by atoms with E-state index in [1.54, 1.807) is 0 Å². The first-order valence-electron chi connectivity index (χ1n) is 6.16. The number of Topliss-reactive ketones (excluding diaryl/α,β-unsaturated/α-hetero) is 1. The number of likely N-dealkylation sites (N-methyl/N-ethyl adjacent to an activating group) is 1. The number of fused-ring (bicyclic) bond motifs is 2. The summed E-state index contributed by atoms with van der Waals surface area (Å²) in [5.74, 6) is 0.399. The van der Waals surface area contributed by atoms with Crippen LogP contribution < -0.4 is 0 Å². The summed E-state index contributed by atoms with van der Waals surface area (Å²) >= 11 is 0. The molecular formula is C12H22N2O. The van der Waals surface area contributed by atoms with Gasteiger partial charge in [0.25, 0.3) is 0 Å². The molecule has 2 fully saturated rings. The van der Waals surface area contributed by atoms with Gasteiger partial charge >= 0.3 is 0 Å². The third kappa shape index (κ3) is 2.40. The minimum Gasteiger partial charge on any atom is -0.305 e. The van der Waals surface area contributed by atoms with E-state index in [1.807, 2.05) is 6.92 Å². The van der Waals surface area contributed by atoms with Crippen LogP contribution >= 0.6 is 0 Å². The maximum Gasteiger partial charge on any atom is 0.146 e. The Kier molecular flexibility index (Phi) is 3.42. The maximum atomic E-state index is 11.5. The van der Waals surface area contributed by atoms with E-state index >= 15 is 0 Å². The molecule has 2 saturated heterocycles. The van der Waals surface area contributed by atoms with Crippen molar-refractivity contribution in [2.45, 2.75) is 44.7 Å². The van der Waals surface area contributed by atoms with Gasteiger partial charge in [-0.05, 0) is 32.9 Å². The third-order valence-electron chi connectivity index (χ3n) is 3.89. The van der Waals surface area contributed by atoms with Gasteiger partial charge in [0.1, 0.15) is 5.78 Å². The highest BCUT2D eigenvalue weighted by molar-refractivity contribution is 5.80. The molecule has 0 amide bonds. The van der Waals surface area contributed by atoms with E-state index in [4.69, 9.17) is 0 Å². The number of rotatable bonds is 3. The predicted octanol–water partition coefficient (Wildman–Crippen LogP) is 1.13. The molecule has 0 N–H and O–H groups in total. The second-order valence-electron chi connectivity index (χ2n) is 5.00. The van der Waals surface area contributed by atoms with Crippen LogP contribution in [-0.4, -0.2) is 54.3 Å². The number of nitrogens with zero attached hydrogens (tertiary/aromatic N) is 2. The van der Waals surface area contributed by atoms with E-state index in [0.29, 0.717) is 30.8 Å². The fourth-order valence-electron chi connectivity index (χ4n) is 2.91. The topological polar surface area (TPSA) is 23.6 Å². The molecule has 2 aliphatic heterocycles. The summed E-state index contributed by atoms with van der Waals surface area (Å²) in [5, 5.41) is 0. The van der Waals surface area contributed by atoms with Crippen LogP contribution in [0.3, 0.4) is 0 Å². The molecule has 2 aliphatic rings. The van der Waals surface area contributed by atoms with Crippen molar-refractivity contribution in [3.8, 4) is 0 Å². The second-order valence-corrected chi connectivity index (χ2v) is 5.00. The normalized spacial score (nSPS) is 32.9. The lowest BCUT2D eigenvalue weighted by Gasteiger charge is -2.27. The molecule has 2 atom stereocenters. The summed E-state index contributed by atoms with van der Waals surface area (Å²) in [5.41, 5.74) is 0. The molecule has 2 rings (SSSR count). The average Bonchev–Trinajstić information content (AvgIpc) is 2.49. The monoisotopic (exact) mass is 210 g/mol. The molecule has 0 aromatic carbocycles. The van der Waals surface area contributed by atoms with Gasteiger partial charge in [0.05, 0.1) is 6.54 Å². The van der Waals surface area contributed by atoms with E-state index in [-0.39, 0.29) is 0 Å². The summed E-state index contributed by atoms with van der Waals surface area (Å²) < 4.78 is 0. The van der Waals surface area contributed by atoms with Crippen molar-refractivity contribution in [2.24, 2.45) is 0 Å². The minimum atomic E-state index is 0.399. The van der Waals surface area contributed by atoms with Crippen molar-refractivity contribution < 1.29 is 4.79 Å². The van der Waals surface area contributed by atoms with Gasteiger partial charge < -0.3 is 4.90 Å². The van der Waals surface area contributed by atoms with Gasteiger partial charge in [0.15, 0.2) is 0 Å². The van der Waals surface area contributed by atoms with Crippen molar-refractivity contribution in [1.29, 1.82) is 0 Å². The van der Waals surface area contributed by atoms with Crippen LogP contribution in [0.25, 0.3) is 0 Å². The van der Waals surface area contributed by atoms with Gasteiger partial charge in [0.2, 0.25) is 0 Å². The van der Waals surface area contributed by atoms with Crippen LogP contribution in [0.5, 0.6) is 0 Å². The van der Waals surface area contributed by atoms with Gasteiger partial charge in [-0.1, -0.05) is 6.92 Å². The Bertz CT molecular complexity index is 242. The number of carbonyl (C=O) groups is 1. The van der Waals surface area contributed by atoms with Crippen molar-refractivity contribution in [1.82, 2.24) is 9.80 Å². The molecule has 0 aromatic rings. The largest absolute Gasteiger partial charge is 0.305 e. The molecule has 3 heteroatoms. The van der Waals surface area contributed by atoms with E-state index in [9.17, 15) is 4.79 Å². The van der Waals surface area contributed by atoms with Gasteiger partial charge in [-0.3, -0.25) is 9.69 Å². The SMILES string of the molecule is CCC(=O)CN1C2CCC1CN(C)CC2. The molecule has 0 spiro atoms. The number of hydrogen-bond acceptors (Lipinski definition) is 3. The molecule has 86 valence electrons. The predicted molar refractivity (Wildman–Crippen MR) is 60.9 cm³/mol. The highest BCUT2D eigenvalue weighted by atomic mass is 16.1. The summed E-state index contributed by atoms with van der Waals surface area (Å²) in [6.07, 6.45) is 4.51. The highest BCUT2D eigenvalue weighted by Gasteiger charge is 2.36. The Hall–Kier alpha value is -0.410. The van der Waals surface area contributed by atoms with E-state index in [2.05, 4.69) is 16.8 Å². The number of likely N-dealkylation sites (tertiary alicyclic amines) is 1. The quantitative estimate of drug-likeness (QED) is 0.698. The smallest absolute Gasteiger partial charge is 0.146 e. The number of ketones is 1. The molecule has 2 bridgehead atoms. The van der Waals surface area contributed by atoms with Gasteiger partial charge in [-0.15, -0.1) is 0 Å². The van der Waals surface area contributed by atoms with Crippen molar-refractivity contribution in [3.05, 3.63) is 0 Å². The molecule has 3 nitrogen and oxygen atoms in total. The first-order valence-corrected chi connectivity index (χ1v) is 6.16. The summed E-state index contributed by atoms with van der Waals surface area (Å²) in [7, 11) is 2.19. The van der Waals surface area contributed by atoms with Crippen LogP contribution in [-0.2, 0) is 4.79 Å². The van der Waals surface area contributed by atoms with E-state index in [1.165, 1.54) is 25.8 Å². The molecule has 0 aliphatic carbocycles. The summed E-state index contributed by atoms with van der Waals surface area (Å²) in [6.45, 7) is 5.00. The first kappa shape index (κ1) is 11.1. The highest BCUT2D eigenvalue weighted by Crippen LogP contribution is 2.29. The van der Waals surface area contributed by atoms with E-state index < -0.39 is 0 Å². The van der Waals surface area contributed by atoms with Crippen LogP contribution in [0, 0.1) is 0 Å². The summed E-state index contributed by atoms with van der Waals surface area (Å²) in [6, 6.07) is 1.31. The van der Waals surface area contributed by atoms with Crippen LogP contribution in [0.2, 0.25) is 0 Å². The molecule has 0 saturated carbocycles. The molecule has 0 radical (unpaired) electrons. The van der Waals surface area contributed by atoms with Crippen LogP contribution in [0.15, 0.2) is 0 Å². The molecular weight excluding hydrogens is 188 g/mol. The van der Waals surface area contributed by atoms with Crippen LogP contribution in [0.4, 0.5) is 0 Å². The number of carbonyl (C=O) groups excluding carboxylic acids is 1. The lowest BCUT2D eigenvalue weighted by atomic mass is 10.1. The number of hydrogen-bond donors (Lipinski definition) is 0. The van der Waals surface area contributed by atoms with Crippen molar-refractivity contribution >= 4 is 5.78 Å². The van der Waals surface area contributed by atoms with Gasteiger partial charge in [0, 0.05) is 25.0 Å². The van der Waals surface area contributed by atoms with Crippen molar-refractivity contribution in [3.63, 3.8) is 0 Å². The zero-order valence-corrected chi connectivity index (χ0v) is 9.91. The standard InChI is InChI=1S/C12H22N2O/c1-3-12(15)9-14-10-4-5-11(14)8-13(2)7-6-10/h10-11H,3-9H2,1-2H3. The average molecular weight is 210 g/mol. The second kappa shape index (κ2) is 4.62. The van der Waals surface area contributed by atoms with E-state index in [0.717, 1.165) is 6.54 Å². The molecule has 0 aromatic heterocycles. The Morgan fingerprint density at radius 1 is 1.27 bits per heavy atom. The zero-order chi connectivity index (χ0) is 10.8. The fourth-order valence-corrected chi connectivity index (χ4v) is 2.91. The molecule has 2 heterocycles. The lowest BCUT2D eigenvalue weighted by molar-refractivity contribution is -0.120. The van der Waals surface area contributed by atoms with Gasteiger partial charge in [-0.25, -0.2) is 0 Å². The lowest BCUT2D eigenvalue weighted by Crippen LogP contribution is -2.41. The molecule has 15 heavy (non-hydrogen) atoms. The van der Waals surface area contributed by atoms with Crippen molar-refractivity contribution in [2.75, 3.05) is 26.7 Å². The Morgan fingerprint density at radius 3 is 2.73 bits per heavy atom. The Labute approximate surface area is 92.4 Å².